The third-order valence-electron chi connectivity index (χ3n) is 3.86. The van der Waals surface area contributed by atoms with Gasteiger partial charge in [0, 0.05) is 19.5 Å². The molecule has 0 aliphatic heterocycles. The molecular weight excluding hydrogens is 242 g/mol. The van der Waals surface area contributed by atoms with Crippen LogP contribution in [0.25, 0.3) is 0 Å². The fourth-order valence-electron chi connectivity index (χ4n) is 2.57. The standard InChI is InChI=1S/C14H27N3O2/c1-3-8-16-13(18)10-17(2)14(19)12-6-4-11(9-15)5-7-12/h11-12H,3-10,15H2,1-2H3,(H,16,18). The summed E-state index contributed by atoms with van der Waals surface area (Å²) < 4.78 is 0. The van der Waals surface area contributed by atoms with Crippen molar-refractivity contribution in [3.05, 3.63) is 0 Å². The molecule has 110 valence electrons. The molecule has 1 rings (SSSR count). The maximum absolute atomic E-state index is 12.2. The smallest absolute Gasteiger partial charge is 0.239 e. The lowest BCUT2D eigenvalue weighted by Gasteiger charge is -2.29. The maximum atomic E-state index is 12.2. The highest BCUT2D eigenvalue weighted by Crippen LogP contribution is 2.29. The Labute approximate surface area is 115 Å². The van der Waals surface area contributed by atoms with Gasteiger partial charge in [0.15, 0.2) is 0 Å². The van der Waals surface area contributed by atoms with Crippen molar-refractivity contribution < 1.29 is 9.59 Å². The zero-order chi connectivity index (χ0) is 14.3. The molecule has 0 aromatic heterocycles. The summed E-state index contributed by atoms with van der Waals surface area (Å²) in [5, 5.41) is 2.79. The summed E-state index contributed by atoms with van der Waals surface area (Å²) in [6, 6.07) is 0. The van der Waals surface area contributed by atoms with E-state index in [0.717, 1.165) is 38.6 Å². The number of hydrogen-bond donors (Lipinski definition) is 2. The van der Waals surface area contributed by atoms with E-state index in [4.69, 9.17) is 5.73 Å². The molecule has 5 heteroatoms. The molecular formula is C14H27N3O2. The van der Waals surface area contributed by atoms with E-state index in [0.29, 0.717) is 12.5 Å². The molecule has 0 atom stereocenters. The Bertz CT molecular complexity index is 299. The molecule has 3 N–H and O–H groups in total. The lowest BCUT2D eigenvalue weighted by atomic mass is 9.81. The second kappa shape index (κ2) is 8.15. The molecule has 2 amide bonds. The van der Waals surface area contributed by atoms with Crippen LogP contribution < -0.4 is 11.1 Å². The van der Waals surface area contributed by atoms with Crippen molar-refractivity contribution in [2.75, 3.05) is 26.7 Å². The lowest BCUT2D eigenvalue weighted by Crippen LogP contribution is -2.42. The zero-order valence-electron chi connectivity index (χ0n) is 12.2. The highest BCUT2D eigenvalue weighted by Gasteiger charge is 2.28. The highest BCUT2D eigenvalue weighted by atomic mass is 16.2. The zero-order valence-corrected chi connectivity index (χ0v) is 12.2. The number of carbonyl (C=O) groups excluding carboxylic acids is 2. The van der Waals surface area contributed by atoms with Gasteiger partial charge < -0.3 is 16.0 Å². The second-order valence-corrected chi connectivity index (χ2v) is 5.50. The van der Waals surface area contributed by atoms with Crippen molar-refractivity contribution >= 4 is 11.8 Å². The van der Waals surface area contributed by atoms with E-state index in [1.165, 1.54) is 0 Å². The first kappa shape index (κ1) is 16.0. The van der Waals surface area contributed by atoms with E-state index >= 15 is 0 Å². The molecule has 0 saturated heterocycles. The number of rotatable bonds is 6. The minimum Gasteiger partial charge on any atom is -0.355 e. The molecule has 5 nitrogen and oxygen atoms in total. The first-order valence-electron chi connectivity index (χ1n) is 7.30. The van der Waals surface area contributed by atoms with Gasteiger partial charge >= 0.3 is 0 Å². The molecule has 1 aliphatic carbocycles. The Morgan fingerprint density at radius 2 is 1.89 bits per heavy atom. The van der Waals surface area contributed by atoms with Crippen LogP contribution >= 0.6 is 0 Å². The van der Waals surface area contributed by atoms with Gasteiger partial charge in [0.1, 0.15) is 0 Å². The molecule has 1 aliphatic rings. The summed E-state index contributed by atoms with van der Waals surface area (Å²) in [6.45, 7) is 3.55. The van der Waals surface area contributed by atoms with Crippen molar-refractivity contribution in [3.63, 3.8) is 0 Å². The van der Waals surface area contributed by atoms with Crippen LogP contribution in [0.1, 0.15) is 39.0 Å². The summed E-state index contributed by atoms with van der Waals surface area (Å²) >= 11 is 0. The Balaban J connectivity index is 2.34. The van der Waals surface area contributed by atoms with E-state index in [-0.39, 0.29) is 24.3 Å². The maximum Gasteiger partial charge on any atom is 0.239 e. The van der Waals surface area contributed by atoms with Crippen LogP contribution in [0, 0.1) is 11.8 Å². The fraction of sp³-hybridized carbons (Fsp3) is 0.857. The molecule has 0 heterocycles. The third kappa shape index (κ3) is 5.19. The number of nitrogens with one attached hydrogen (secondary N) is 1. The minimum atomic E-state index is -0.0756. The molecule has 0 aromatic carbocycles. The molecule has 0 radical (unpaired) electrons. The number of amides is 2. The molecule has 0 unspecified atom stereocenters. The van der Waals surface area contributed by atoms with E-state index in [1.807, 2.05) is 6.92 Å². The van der Waals surface area contributed by atoms with Gasteiger partial charge in [-0.3, -0.25) is 9.59 Å². The third-order valence-corrected chi connectivity index (χ3v) is 3.86. The summed E-state index contributed by atoms with van der Waals surface area (Å²) in [5.74, 6) is 0.671. The molecule has 0 bridgehead atoms. The fourth-order valence-corrected chi connectivity index (χ4v) is 2.57. The van der Waals surface area contributed by atoms with Crippen LogP contribution in [0.4, 0.5) is 0 Å². The van der Waals surface area contributed by atoms with E-state index in [2.05, 4.69) is 5.32 Å². The van der Waals surface area contributed by atoms with E-state index < -0.39 is 0 Å². The van der Waals surface area contributed by atoms with Gasteiger partial charge in [-0.15, -0.1) is 0 Å². The molecule has 1 saturated carbocycles. The first-order chi connectivity index (χ1) is 9.08. The van der Waals surface area contributed by atoms with Crippen molar-refractivity contribution in [1.82, 2.24) is 10.2 Å². The summed E-state index contributed by atoms with van der Waals surface area (Å²) in [4.78, 5) is 25.3. The van der Waals surface area contributed by atoms with E-state index in [1.54, 1.807) is 11.9 Å². The van der Waals surface area contributed by atoms with Gasteiger partial charge in [0.05, 0.1) is 6.54 Å². The number of carbonyl (C=O) groups is 2. The molecule has 0 aromatic rings. The Hall–Kier alpha value is -1.10. The van der Waals surface area contributed by atoms with Crippen molar-refractivity contribution in [2.45, 2.75) is 39.0 Å². The quantitative estimate of drug-likeness (QED) is 0.746. The van der Waals surface area contributed by atoms with Crippen LogP contribution in [0.2, 0.25) is 0 Å². The lowest BCUT2D eigenvalue weighted by molar-refractivity contribution is -0.139. The van der Waals surface area contributed by atoms with Crippen molar-refractivity contribution in [3.8, 4) is 0 Å². The number of likely N-dealkylation sites (N-methyl/N-ethyl adjacent to an activating group) is 1. The Morgan fingerprint density at radius 3 is 2.42 bits per heavy atom. The Kier molecular flexibility index (Phi) is 6.84. The minimum absolute atomic E-state index is 0.0756. The number of nitrogens with zero attached hydrogens (tertiary/aromatic N) is 1. The van der Waals surface area contributed by atoms with Crippen LogP contribution in [0.3, 0.4) is 0 Å². The largest absolute Gasteiger partial charge is 0.355 e. The summed E-state index contributed by atoms with van der Waals surface area (Å²) in [5.41, 5.74) is 5.65. The predicted molar refractivity (Wildman–Crippen MR) is 75.4 cm³/mol. The van der Waals surface area contributed by atoms with Gasteiger partial charge in [0.25, 0.3) is 0 Å². The number of hydrogen-bond acceptors (Lipinski definition) is 3. The van der Waals surface area contributed by atoms with Gasteiger partial charge in [-0.05, 0) is 44.6 Å². The summed E-state index contributed by atoms with van der Waals surface area (Å²) in [6.07, 6.45) is 4.78. The number of nitrogens with two attached hydrogens (primary N) is 1. The van der Waals surface area contributed by atoms with E-state index in [9.17, 15) is 9.59 Å². The first-order valence-corrected chi connectivity index (χ1v) is 7.30. The topological polar surface area (TPSA) is 75.4 Å². The van der Waals surface area contributed by atoms with Gasteiger partial charge in [0.2, 0.25) is 11.8 Å². The predicted octanol–water partition coefficient (Wildman–Crippen LogP) is 0.736. The van der Waals surface area contributed by atoms with Gasteiger partial charge in [-0.2, -0.15) is 0 Å². The normalized spacial score (nSPS) is 22.9. The van der Waals surface area contributed by atoms with Crippen LogP contribution in [0.15, 0.2) is 0 Å². The Morgan fingerprint density at radius 1 is 1.26 bits per heavy atom. The average Bonchev–Trinajstić information content (AvgIpc) is 2.44. The molecule has 19 heavy (non-hydrogen) atoms. The van der Waals surface area contributed by atoms with Gasteiger partial charge in [-0.25, -0.2) is 0 Å². The molecule has 1 fully saturated rings. The SMILES string of the molecule is CCCNC(=O)CN(C)C(=O)C1CCC(CN)CC1. The van der Waals surface area contributed by atoms with Crippen molar-refractivity contribution in [1.29, 1.82) is 0 Å². The average molecular weight is 269 g/mol. The summed E-state index contributed by atoms with van der Waals surface area (Å²) in [7, 11) is 1.71. The van der Waals surface area contributed by atoms with Crippen LogP contribution in [-0.2, 0) is 9.59 Å². The van der Waals surface area contributed by atoms with Crippen molar-refractivity contribution in [2.24, 2.45) is 17.6 Å². The van der Waals surface area contributed by atoms with Crippen LogP contribution in [-0.4, -0.2) is 43.4 Å². The van der Waals surface area contributed by atoms with Gasteiger partial charge in [-0.1, -0.05) is 6.92 Å². The highest BCUT2D eigenvalue weighted by molar-refractivity contribution is 5.85. The molecule has 0 spiro atoms. The monoisotopic (exact) mass is 269 g/mol. The van der Waals surface area contributed by atoms with Crippen LogP contribution in [0.5, 0.6) is 0 Å². The second-order valence-electron chi connectivity index (χ2n) is 5.50.